The van der Waals surface area contributed by atoms with Gasteiger partial charge in [-0.2, -0.15) is 0 Å². The first kappa shape index (κ1) is 21.2. The molecular formula is C19H24ClN3O3S. The molecule has 1 saturated heterocycles. The minimum atomic E-state index is -3.63. The van der Waals surface area contributed by atoms with Crippen molar-refractivity contribution in [3.8, 4) is 0 Å². The Bertz CT molecular complexity index is 862. The van der Waals surface area contributed by atoms with Crippen LogP contribution in [0.25, 0.3) is 0 Å². The smallest absolute Gasteiger partial charge is 0.261 e. The van der Waals surface area contributed by atoms with E-state index in [0.717, 1.165) is 24.9 Å². The quantitative estimate of drug-likeness (QED) is 0.707. The SMILES string of the molecule is Cc1ccc(S(=O)(=O)Nc2ccc(NC(=O)C3CCCNC3)cc2)cc1.Cl. The van der Waals surface area contributed by atoms with Gasteiger partial charge in [0.05, 0.1) is 10.8 Å². The van der Waals surface area contributed by atoms with Gasteiger partial charge in [-0.1, -0.05) is 17.7 Å². The molecule has 27 heavy (non-hydrogen) atoms. The number of halogens is 1. The highest BCUT2D eigenvalue weighted by molar-refractivity contribution is 7.92. The second kappa shape index (κ2) is 9.21. The average Bonchev–Trinajstić information content (AvgIpc) is 2.64. The Labute approximate surface area is 166 Å². The number of sulfonamides is 1. The molecule has 1 fully saturated rings. The van der Waals surface area contributed by atoms with Crippen LogP contribution in [0.3, 0.4) is 0 Å². The Hall–Kier alpha value is -2.09. The second-order valence-electron chi connectivity index (χ2n) is 6.53. The van der Waals surface area contributed by atoms with Crippen molar-refractivity contribution in [3.05, 3.63) is 54.1 Å². The summed E-state index contributed by atoms with van der Waals surface area (Å²) in [5.74, 6) is -0.0337. The minimum absolute atomic E-state index is 0. The van der Waals surface area contributed by atoms with E-state index in [1.54, 1.807) is 48.5 Å². The van der Waals surface area contributed by atoms with Crippen molar-refractivity contribution >= 4 is 39.7 Å². The van der Waals surface area contributed by atoms with Gasteiger partial charge < -0.3 is 10.6 Å². The van der Waals surface area contributed by atoms with E-state index in [4.69, 9.17) is 0 Å². The van der Waals surface area contributed by atoms with E-state index < -0.39 is 10.0 Å². The van der Waals surface area contributed by atoms with Crippen LogP contribution < -0.4 is 15.4 Å². The standard InChI is InChI=1S/C19H23N3O3S.ClH/c1-14-4-10-18(11-5-14)26(24,25)22-17-8-6-16(7-9-17)21-19(23)15-3-2-12-20-13-15;/h4-11,15,20,22H,2-3,12-13H2,1H3,(H,21,23);1H. The monoisotopic (exact) mass is 409 g/mol. The molecule has 0 aromatic heterocycles. The molecule has 0 bridgehead atoms. The van der Waals surface area contributed by atoms with E-state index >= 15 is 0 Å². The molecule has 8 heteroatoms. The fourth-order valence-electron chi connectivity index (χ4n) is 2.87. The molecule has 0 saturated carbocycles. The summed E-state index contributed by atoms with van der Waals surface area (Å²) in [4.78, 5) is 12.4. The van der Waals surface area contributed by atoms with E-state index in [-0.39, 0.29) is 29.1 Å². The van der Waals surface area contributed by atoms with Gasteiger partial charge in [-0.15, -0.1) is 12.4 Å². The lowest BCUT2D eigenvalue weighted by Crippen LogP contribution is -2.37. The number of hydrogen-bond donors (Lipinski definition) is 3. The summed E-state index contributed by atoms with van der Waals surface area (Å²) in [5.41, 5.74) is 2.10. The van der Waals surface area contributed by atoms with E-state index in [9.17, 15) is 13.2 Å². The number of carbonyl (C=O) groups excluding carboxylic acids is 1. The average molecular weight is 410 g/mol. The molecule has 2 aromatic carbocycles. The summed E-state index contributed by atoms with van der Waals surface area (Å²) in [6.07, 6.45) is 1.88. The molecule has 3 N–H and O–H groups in total. The van der Waals surface area contributed by atoms with Crippen molar-refractivity contribution in [1.82, 2.24) is 5.32 Å². The van der Waals surface area contributed by atoms with Crippen molar-refractivity contribution in [2.24, 2.45) is 5.92 Å². The Kier molecular flexibility index (Phi) is 7.24. The van der Waals surface area contributed by atoms with Crippen LogP contribution in [0.1, 0.15) is 18.4 Å². The fourth-order valence-corrected chi connectivity index (χ4v) is 3.93. The number of amides is 1. The first-order valence-corrected chi connectivity index (χ1v) is 10.1. The molecule has 1 atom stereocenters. The van der Waals surface area contributed by atoms with Gasteiger partial charge in [0, 0.05) is 17.9 Å². The molecule has 0 aliphatic carbocycles. The highest BCUT2D eigenvalue weighted by Gasteiger charge is 2.21. The van der Waals surface area contributed by atoms with Gasteiger partial charge in [0.1, 0.15) is 0 Å². The molecule has 6 nitrogen and oxygen atoms in total. The van der Waals surface area contributed by atoms with Crippen LogP contribution in [-0.2, 0) is 14.8 Å². The third-order valence-corrected chi connectivity index (χ3v) is 5.80. The predicted octanol–water partition coefficient (Wildman–Crippen LogP) is 3.16. The molecule has 2 aromatic rings. The second-order valence-corrected chi connectivity index (χ2v) is 8.21. The van der Waals surface area contributed by atoms with Crippen molar-refractivity contribution in [1.29, 1.82) is 0 Å². The van der Waals surface area contributed by atoms with Crippen LogP contribution in [-0.4, -0.2) is 27.4 Å². The maximum atomic E-state index is 12.4. The number of rotatable bonds is 5. The van der Waals surface area contributed by atoms with Crippen molar-refractivity contribution in [2.45, 2.75) is 24.7 Å². The highest BCUT2D eigenvalue weighted by atomic mass is 35.5. The Morgan fingerprint density at radius 2 is 1.67 bits per heavy atom. The Morgan fingerprint density at radius 3 is 2.26 bits per heavy atom. The van der Waals surface area contributed by atoms with Crippen molar-refractivity contribution < 1.29 is 13.2 Å². The molecule has 0 spiro atoms. The zero-order valence-corrected chi connectivity index (χ0v) is 16.7. The van der Waals surface area contributed by atoms with Gasteiger partial charge >= 0.3 is 0 Å². The molecule has 1 amide bonds. The minimum Gasteiger partial charge on any atom is -0.326 e. The van der Waals surface area contributed by atoms with Crippen molar-refractivity contribution in [2.75, 3.05) is 23.1 Å². The zero-order valence-electron chi connectivity index (χ0n) is 15.1. The number of hydrogen-bond acceptors (Lipinski definition) is 4. The van der Waals surface area contributed by atoms with E-state index in [0.29, 0.717) is 17.9 Å². The van der Waals surface area contributed by atoms with Gasteiger partial charge in [0.25, 0.3) is 10.0 Å². The molecule has 1 heterocycles. The van der Waals surface area contributed by atoms with Gasteiger partial charge in [0.15, 0.2) is 0 Å². The van der Waals surface area contributed by atoms with Gasteiger partial charge in [-0.25, -0.2) is 8.42 Å². The van der Waals surface area contributed by atoms with Gasteiger partial charge in [0.2, 0.25) is 5.91 Å². The largest absolute Gasteiger partial charge is 0.326 e. The number of anilines is 2. The lowest BCUT2D eigenvalue weighted by atomic mass is 9.99. The summed E-state index contributed by atoms with van der Waals surface area (Å²) in [5, 5.41) is 6.10. The summed E-state index contributed by atoms with van der Waals surface area (Å²) in [6.45, 7) is 3.56. The lowest BCUT2D eigenvalue weighted by molar-refractivity contribution is -0.120. The molecule has 0 radical (unpaired) electrons. The Balaban J connectivity index is 0.00000261. The van der Waals surface area contributed by atoms with Crippen LogP contribution in [0.2, 0.25) is 0 Å². The maximum Gasteiger partial charge on any atom is 0.261 e. The predicted molar refractivity (Wildman–Crippen MR) is 110 cm³/mol. The molecule has 146 valence electrons. The summed E-state index contributed by atoms with van der Waals surface area (Å²) in [6, 6.07) is 13.3. The third kappa shape index (κ3) is 5.69. The van der Waals surface area contributed by atoms with Gasteiger partial charge in [-0.3, -0.25) is 9.52 Å². The molecule has 1 aliphatic heterocycles. The molecular weight excluding hydrogens is 386 g/mol. The first-order valence-electron chi connectivity index (χ1n) is 8.65. The molecule has 1 unspecified atom stereocenters. The topological polar surface area (TPSA) is 87.3 Å². The summed E-state index contributed by atoms with van der Waals surface area (Å²) < 4.78 is 27.3. The normalized spacial score (nSPS) is 16.9. The summed E-state index contributed by atoms with van der Waals surface area (Å²) in [7, 11) is -3.63. The highest BCUT2D eigenvalue weighted by Crippen LogP contribution is 2.20. The third-order valence-electron chi connectivity index (χ3n) is 4.40. The number of carbonyl (C=O) groups is 1. The van der Waals surface area contributed by atoms with Gasteiger partial charge in [-0.05, 0) is 62.7 Å². The first-order chi connectivity index (χ1) is 12.4. The van der Waals surface area contributed by atoms with E-state index in [2.05, 4.69) is 15.4 Å². The molecule has 1 aliphatic rings. The lowest BCUT2D eigenvalue weighted by Gasteiger charge is -2.21. The number of benzene rings is 2. The van der Waals surface area contributed by atoms with Crippen LogP contribution in [0.15, 0.2) is 53.4 Å². The number of piperidine rings is 1. The zero-order chi connectivity index (χ0) is 18.6. The summed E-state index contributed by atoms with van der Waals surface area (Å²) >= 11 is 0. The van der Waals surface area contributed by atoms with Crippen LogP contribution in [0, 0.1) is 12.8 Å². The molecule has 3 rings (SSSR count). The fraction of sp³-hybridized carbons (Fsp3) is 0.316. The maximum absolute atomic E-state index is 12.4. The Morgan fingerprint density at radius 1 is 1.04 bits per heavy atom. The van der Waals surface area contributed by atoms with E-state index in [1.165, 1.54) is 0 Å². The number of nitrogens with one attached hydrogen (secondary N) is 3. The van der Waals surface area contributed by atoms with Crippen LogP contribution in [0.4, 0.5) is 11.4 Å². The van der Waals surface area contributed by atoms with E-state index in [1.807, 2.05) is 6.92 Å². The van der Waals surface area contributed by atoms with Crippen LogP contribution >= 0.6 is 12.4 Å². The number of aryl methyl sites for hydroxylation is 1. The van der Waals surface area contributed by atoms with Crippen molar-refractivity contribution in [3.63, 3.8) is 0 Å². The van der Waals surface area contributed by atoms with Crippen LogP contribution in [0.5, 0.6) is 0 Å².